The summed E-state index contributed by atoms with van der Waals surface area (Å²) in [5, 5.41) is 2.99. The predicted molar refractivity (Wildman–Crippen MR) is 127 cm³/mol. The molecule has 0 spiro atoms. The number of amides is 1. The zero-order valence-electron chi connectivity index (χ0n) is 18.7. The van der Waals surface area contributed by atoms with Crippen LogP contribution in [-0.2, 0) is 17.9 Å². The fourth-order valence-electron chi connectivity index (χ4n) is 3.73. The number of benzene rings is 3. The lowest BCUT2D eigenvalue weighted by Gasteiger charge is -2.15. The van der Waals surface area contributed by atoms with Crippen LogP contribution in [0.1, 0.15) is 28.4 Å². The second kappa shape index (κ2) is 9.27. The molecule has 8 heteroatoms. The maximum Gasteiger partial charge on any atom is 0.336 e. The summed E-state index contributed by atoms with van der Waals surface area (Å²) in [7, 11) is 0. The molecule has 1 heterocycles. The highest BCUT2D eigenvalue weighted by molar-refractivity contribution is 5.94. The third kappa shape index (κ3) is 4.56. The molecule has 1 aromatic heterocycles. The van der Waals surface area contributed by atoms with E-state index in [2.05, 4.69) is 5.32 Å². The van der Waals surface area contributed by atoms with E-state index in [1.165, 1.54) is 29.7 Å². The Balaban J connectivity index is 1.78. The number of carbonyl (C=O) groups excluding carboxylic acids is 2. The number of rotatable bonds is 6. The summed E-state index contributed by atoms with van der Waals surface area (Å²) >= 11 is 0. The summed E-state index contributed by atoms with van der Waals surface area (Å²) < 4.78 is 15.3. The average molecular weight is 459 g/mol. The Labute approximate surface area is 194 Å². The normalized spacial score (nSPS) is 10.9. The molecule has 4 rings (SSSR count). The summed E-state index contributed by atoms with van der Waals surface area (Å²) in [5.41, 5.74) is 1.22. The van der Waals surface area contributed by atoms with E-state index in [1.807, 2.05) is 6.92 Å². The molecule has 0 bridgehead atoms. The second-order valence-electron chi connectivity index (χ2n) is 8.04. The number of nitrogens with zero attached hydrogens (tertiary/aromatic N) is 2. The molecule has 0 atom stereocenters. The maximum absolute atomic E-state index is 13.4. The largest absolute Gasteiger partial charge is 0.350 e. The van der Waals surface area contributed by atoms with Crippen LogP contribution in [0.4, 0.5) is 4.39 Å². The molecule has 0 radical (unpaired) electrons. The van der Waals surface area contributed by atoms with Crippen molar-refractivity contribution in [3.8, 4) is 5.69 Å². The minimum absolute atomic E-state index is 0.158. The van der Waals surface area contributed by atoms with Gasteiger partial charge in [0.25, 0.3) is 5.56 Å². The first-order valence-electron chi connectivity index (χ1n) is 10.6. The van der Waals surface area contributed by atoms with Crippen LogP contribution in [0.3, 0.4) is 0 Å². The minimum Gasteiger partial charge on any atom is -0.350 e. The number of nitrogens with one attached hydrogen (secondary N) is 1. The SMILES string of the molecule is CC(=O)c1cccc(-n2c(=O)c3cc(C)ccc3n(CC(=O)NCc3ccc(F)cc3)c2=O)c1. The topological polar surface area (TPSA) is 90.2 Å². The van der Waals surface area contributed by atoms with Gasteiger partial charge in [0.15, 0.2) is 5.78 Å². The molecule has 172 valence electrons. The number of fused-ring (bicyclic) bond motifs is 1. The van der Waals surface area contributed by atoms with Gasteiger partial charge in [-0.1, -0.05) is 35.9 Å². The number of aryl methyl sites for hydroxylation is 1. The third-order valence-electron chi connectivity index (χ3n) is 5.51. The molecular formula is C26H22FN3O4. The van der Waals surface area contributed by atoms with E-state index in [9.17, 15) is 23.6 Å². The fraction of sp³-hybridized carbons (Fsp3) is 0.154. The molecule has 1 N–H and O–H groups in total. The van der Waals surface area contributed by atoms with Crippen molar-refractivity contribution >= 4 is 22.6 Å². The number of aromatic nitrogens is 2. The van der Waals surface area contributed by atoms with Crippen molar-refractivity contribution in [2.45, 2.75) is 26.9 Å². The van der Waals surface area contributed by atoms with E-state index in [0.29, 0.717) is 16.6 Å². The summed E-state index contributed by atoms with van der Waals surface area (Å²) in [6.45, 7) is 3.05. The van der Waals surface area contributed by atoms with Crippen LogP contribution >= 0.6 is 0 Å². The van der Waals surface area contributed by atoms with Gasteiger partial charge < -0.3 is 5.32 Å². The highest BCUT2D eigenvalue weighted by atomic mass is 19.1. The summed E-state index contributed by atoms with van der Waals surface area (Å²) in [6, 6.07) is 17.0. The third-order valence-corrected chi connectivity index (χ3v) is 5.51. The fourth-order valence-corrected chi connectivity index (χ4v) is 3.73. The first-order valence-corrected chi connectivity index (χ1v) is 10.6. The number of hydrogen-bond donors (Lipinski definition) is 1. The van der Waals surface area contributed by atoms with Crippen molar-refractivity contribution in [3.05, 3.63) is 110 Å². The Hall–Kier alpha value is -4.33. The summed E-state index contributed by atoms with van der Waals surface area (Å²) in [4.78, 5) is 51.3. The predicted octanol–water partition coefficient (Wildman–Crippen LogP) is 3.12. The highest BCUT2D eigenvalue weighted by Gasteiger charge is 2.17. The van der Waals surface area contributed by atoms with E-state index in [-0.39, 0.29) is 35.8 Å². The van der Waals surface area contributed by atoms with Crippen LogP contribution in [-0.4, -0.2) is 20.8 Å². The molecule has 0 unspecified atom stereocenters. The van der Waals surface area contributed by atoms with Crippen LogP contribution in [0.25, 0.3) is 16.6 Å². The van der Waals surface area contributed by atoms with Gasteiger partial charge in [0, 0.05) is 12.1 Å². The lowest BCUT2D eigenvalue weighted by Crippen LogP contribution is -2.41. The van der Waals surface area contributed by atoms with E-state index < -0.39 is 17.2 Å². The molecule has 0 fully saturated rings. The second-order valence-corrected chi connectivity index (χ2v) is 8.04. The van der Waals surface area contributed by atoms with Gasteiger partial charge in [-0.3, -0.25) is 19.0 Å². The molecule has 0 aliphatic carbocycles. The smallest absolute Gasteiger partial charge is 0.336 e. The minimum atomic E-state index is -0.695. The zero-order chi connectivity index (χ0) is 24.4. The molecule has 7 nitrogen and oxygen atoms in total. The Morgan fingerprint density at radius 3 is 2.41 bits per heavy atom. The molecule has 0 saturated heterocycles. The van der Waals surface area contributed by atoms with Gasteiger partial charge in [0.05, 0.1) is 16.6 Å². The van der Waals surface area contributed by atoms with E-state index in [1.54, 1.807) is 48.5 Å². The van der Waals surface area contributed by atoms with Gasteiger partial charge >= 0.3 is 5.69 Å². The zero-order valence-corrected chi connectivity index (χ0v) is 18.7. The van der Waals surface area contributed by atoms with Crippen molar-refractivity contribution in [3.63, 3.8) is 0 Å². The maximum atomic E-state index is 13.4. The summed E-state index contributed by atoms with van der Waals surface area (Å²) in [5.74, 6) is -1.03. The Morgan fingerprint density at radius 2 is 1.71 bits per heavy atom. The Morgan fingerprint density at radius 1 is 0.971 bits per heavy atom. The van der Waals surface area contributed by atoms with Crippen molar-refractivity contribution < 1.29 is 14.0 Å². The molecular weight excluding hydrogens is 437 g/mol. The van der Waals surface area contributed by atoms with Crippen LogP contribution in [0.15, 0.2) is 76.3 Å². The quantitative estimate of drug-likeness (QED) is 0.449. The average Bonchev–Trinajstić information content (AvgIpc) is 2.82. The molecule has 34 heavy (non-hydrogen) atoms. The first-order chi connectivity index (χ1) is 16.2. The van der Waals surface area contributed by atoms with Gasteiger partial charge in [-0.05, 0) is 55.8 Å². The van der Waals surface area contributed by atoms with Crippen LogP contribution in [0.2, 0.25) is 0 Å². The molecule has 1 amide bonds. The standard InChI is InChI=1S/C26H22FN3O4/c1-16-6-11-23-22(12-16)25(33)30(21-5-3-4-19(13-21)17(2)31)26(34)29(23)15-24(32)28-14-18-7-9-20(27)10-8-18/h3-13H,14-15H2,1-2H3,(H,28,32). The van der Waals surface area contributed by atoms with Gasteiger partial charge in [-0.25, -0.2) is 13.8 Å². The van der Waals surface area contributed by atoms with Crippen molar-refractivity contribution in [1.82, 2.24) is 14.5 Å². The van der Waals surface area contributed by atoms with Crippen LogP contribution in [0.5, 0.6) is 0 Å². The van der Waals surface area contributed by atoms with Gasteiger partial charge in [0.1, 0.15) is 12.4 Å². The number of halogens is 1. The van der Waals surface area contributed by atoms with E-state index in [4.69, 9.17) is 0 Å². The first kappa shape index (κ1) is 22.8. The van der Waals surface area contributed by atoms with Crippen LogP contribution < -0.4 is 16.6 Å². The molecule has 0 aliphatic heterocycles. The lowest BCUT2D eigenvalue weighted by molar-refractivity contribution is -0.121. The van der Waals surface area contributed by atoms with E-state index >= 15 is 0 Å². The molecule has 3 aromatic carbocycles. The van der Waals surface area contributed by atoms with Crippen molar-refractivity contribution in [2.24, 2.45) is 0 Å². The van der Waals surface area contributed by atoms with E-state index in [0.717, 1.165) is 10.1 Å². The molecule has 0 saturated carbocycles. The summed E-state index contributed by atoms with van der Waals surface area (Å²) in [6.07, 6.45) is 0. The van der Waals surface area contributed by atoms with Gasteiger partial charge in [0.2, 0.25) is 5.91 Å². The monoisotopic (exact) mass is 459 g/mol. The molecule has 4 aromatic rings. The van der Waals surface area contributed by atoms with Crippen molar-refractivity contribution in [2.75, 3.05) is 0 Å². The number of Topliss-reactive ketones (excluding diaryl/α,β-unsaturated/α-hetero) is 1. The number of carbonyl (C=O) groups is 2. The Kier molecular flexibility index (Phi) is 6.23. The highest BCUT2D eigenvalue weighted by Crippen LogP contribution is 2.14. The lowest BCUT2D eigenvalue weighted by atomic mass is 10.1. The number of ketones is 1. The number of hydrogen-bond acceptors (Lipinski definition) is 4. The van der Waals surface area contributed by atoms with Gasteiger partial charge in [-0.2, -0.15) is 0 Å². The Bertz CT molecular complexity index is 1530. The van der Waals surface area contributed by atoms with Crippen molar-refractivity contribution in [1.29, 1.82) is 0 Å². The van der Waals surface area contributed by atoms with Crippen LogP contribution in [0, 0.1) is 12.7 Å². The molecule has 0 aliphatic rings. The van der Waals surface area contributed by atoms with Gasteiger partial charge in [-0.15, -0.1) is 0 Å².